The minimum absolute atomic E-state index is 0.573. The Balaban J connectivity index is 2.01. The topological polar surface area (TPSA) is 46.5 Å². The average molecular weight is 276 g/mol. The van der Waals surface area contributed by atoms with Crippen molar-refractivity contribution in [2.75, 3.05) is 12.0 Å². The highest BCUT2D eigenvalue weighted by atomic mass is 35.5. The molecule has 0 spiro atoms. The monoisotopic (exact) mass is 275 g/mol. The molecule has 0 radical (unpaired) electrons. The van der Waals surface area contributed by atoms with Crippen LogP contribution in [0.15, 0.2) is 47.7 Å². The van der Waals surface area contributed by atoms with Gasteiger partial charge in [-0.05, 0) is 42.8 Å². The Morgan fingerprint density at radius 2 is 2.26 bits per heavy atom. The molecule has 0 fully saturated rings. The van der Waals surface area contributed by atoms with E-state index in [1.807, 2.05) is 37.3 Å². The van der Waals surface area contributed by atoms with Crippen LogP contribution in [0.3, 0.4) is 0 Å². The lowest BCUT2D eigenvalue weighted by molar-refractivity contribution is 0.340. The van der Waals surface area contributed by atoms with Crippen molar-refractivity contribution in [3.63, 3.8) is 0 Å². The molecule has 0 atom stereocenters. The van der Waals surface area contributed by atoms with Crippen LogP contribution in [-0.4, -0.2) is 17.8 Å². The van der Waals surface area contributed by atoms with E-state index in [0.717, 1.165) is 5.56 Å². The van der Waals surface area contributed by atoms with Crippen molar-refractivity contribution in [1.82, 2.24) is 4.98 Å². The number of rotatable bonds is 5. The third-order valence-corrected chi connectivity index (χ3v) is 2.61. The van der Waals surface area contributed by atoms with Crippen LogP contribution in [0.4, 0.5) is 5.82 Å². The predicted molar refractivity (Wildman–Crippen MR) is 78.1 cm³/mol. The van der Waals surface area contributed by atoms with Crippen molar-refractivity contribution in [1.29, 1.82) is 0 Å². The fourth-order valence-electron chi connectivity index (χ4n) is 1.47. The standard InChI is InChI=1S/C14H14ClN3O/c1-2-19-13-7-6-11(9-12(13)15)10-17-18-14-5-3-4-8-16-14/h3-10H,2H2,1H3,(H,16,18)/b17-10+. The summed E-state index contributed by atoms with van der Waals surface area (Å²) in [6, 6.07) is 11.1. The van der Waals surface area contributed by atoms with Crippen molar-refractivity contribution in [3.05, 3.63) is 53.2 Å². The maximum Gasteiger partial charge on any atom is 0.146 e. The van der Waals surface area contributed by atoms with Gasteiger partial charge in [-0.1, -0.05) is 17.7 Å². The Hall–Kier alpha value is -2.07. The molecule has 0 aliphatic rings. The molecule has 1 aromatic carbocycles. The van der Waals surface area contributed by atoms with E-state index in [2.05, 4.69) is 15.5 Å². The van der Waals surface area contributed by atoms with Gasteiger partial charge in [-0.15, -0.1) is 0 Å². The summed E-state index contributed by atoms with van der Waals surface area (Å²) in [5, 5.41) is 4.66. The third kappa shape index (κ3) is 3.96. The number of hydrogen-bond acceptors (Lipinski definition) is 4. The van der Waals surface area contributed by atoms with Crippen LogP contribution in [0.1, 0.15) is 12.5 Å². The molecule has 0 saturated heterocycles. The quantitative estimate of drug-likeness (QED) is 0.670. The number of hydrogen-bond donors (Lipinski definition) is 1. The molecule has 1 aromatic heterocycles. The Kier molecular flexibility index (Phi) is 4.75. The Morgan fingerprint density at radius 1 is 1.37 bits per heavy atom. The van der Waals surface area contributed by atoms with Crippen molar-refractivity contribution in [2.24, 2.45) is 5.10 Å². The molecule has 0 saturated carbocycles. The summed E-state index contributed by atoms with van der Waals surface area (Å²) < 4.78 is 5.36. The Morgan fingerprint density at radius 3 is 2.95 bits per heavy atom. The number of hydrazone groups is 1. The van der Waals surface area contributed by atoms with Crippen LogP contribution in [0.25, 0.3) is 0 Å². The maximum atomic E-state index is 6.08. The zero-order valence-electron chi connectivity index (χ0n) is 10.5. The molecule has 98 valence electrons. The number of nitrogens with zero attached hydrogens (tertiary/aromatic N) is 2. The number of nitrogens with one attached hydrogen (secondary N) is 1. The van der Waals surface area contributed by atoms with Gasteiger partial charge < -0.3 is 4.74 Å². The fourth-order valence-corrected chi connectivity index (χ4v) is 1.72. The highest BCUT2D eigenvalue weighted by Crippen LogP contribution is 2.24. The number of pyridine rings is 1. The van der Waals surface area contributed by atoms with E-state index in [1.165, 1.54) is 0 Å². The Labute approximate surface area is 117 Å². The molecule has 1 heterocycles. The van der Waals surface area contributed by atoms with Crippen molar-refractivity contribution in [2.45, 2.75) is 6.92 Å². The zero-order valence-corrected chi connectivity index (χ0v) is 11.3. The molecule has 0 amide bonds. The lowest BCUT2D eigenvalue weighted by Crippen LogP contribution is -1.94. The van der Waals surface area contributed by atoms with Gasteiger partial charge in [0, 0.05) is 6.20 Å². The van der Waals surface area contributed by atoms with Crippen LogP contribution in [0.2, 0.25) is 5.02 Å². The van der Waals surface area contributed by atoms with Crippen LogP contribution in [0, 0.1) is 0 Å². The van der Waals surface area contributed by atoms with Crippen molar-refractivity contribution < 1.29 is 4.74 Å². The minimum atomic E-state index is 0.573. The van der Waals surface area contributed by atoms with E-state index in [0.29, 0.717) is 23.2 Å². The van der Waals surface area contributed by atoms with Gasteiger partial charge in [-0.25, -0.2) is 4.98 Å². The number of anilines is 1. The first-order chi connectivity index (χ1) is 9.29. The van der Waals surface area contributed by atoms with Gasteiger partial charge in [0.1, 0.15) is 11.6 Å². The number of halogens is 1. The molecule has 2 aromatic rings. The van der Waals surface area contributed by atoms with Crippen molar-refractivity contribution >= 4 is 23.6 Å². The van der Waals surface area contributed by atoms with Crippen LogP contribution in [-0.2, 0) is 0 Å². The summed E-state index contributed by atoms with van der Waals surface area (Å²) in [7, 11) is 0. The molecule has 2 rings (SSSR count). The summed E-state index contributed by atoms with van der Waals surface area (Å²) in [6.07, 6.45) is 3.38. The van der Waals surface area contributed by atoms with Crippen molar-refractivity contribution in [3.8, 4) is 5.75 Å². The summed E-state index contributed by atoms with van der Waals surface area (Å²) >= 11 is 6.08. The lowest BCUT2D eigenvalue weighted by Gasteiger charge is -2.05. The summed E-state index contributed by atoms with van der Waals surface area (Å²) in [5.74, 6) is 1.37. The predicted octanol–water partition coefficient (Wildman–Crippen LogP) is 3.58. The first-order valence-corrected chi connectivity index (χ1v) is 6.30. The van der Waals surface area contributed by atoms with E-state index in [4.69, 9.17) is 16.3 Å². The molecule has 0 aliphatic heterocycles. The third-order valence-electron chi connectivity index (χ3n) is 2.31. The molecule has 0 unspecified atom stereocenters. The van der Waals surface area contributed by atoms with E-state index < -0.39 is 0 Å². The van der Waals surface area contributed by atoms with Gasteiger partial charge in [0.05, 0.1) is 17.8 Å². The maximum absolute atomic E-state index is 6.08. The molecule has 1 N–H and O–H groups in total. The van der Waals surface area contributed by atoms with E-state index in [1.54, 1.807) is 18.5 Å². The van der Waals surface area contributed by atoms with Gasteiger partial charge in [0.2, 0.25) is 0 Å². The van der Waals surface area contributed by atoms with Gasteiger partial charge in [0.15, 0.2) is 0 Å². The molecule has 19 heavy (non-hydrogen) atoms. The molecule has 0 aliphatic carbocycles. The van der Waals surface area contributed by atoms with Gasteiger partial charge >= 0.3 is 0 Å². The number of ether oxygens (including phenoxy) is 1. The SMILES string of the molecule is CCOc1ccc(/C=N/Nc2ccccn2)cc1Cl. The zero-order chi connectivity index (χ0) is 13.5. The molecule has 0 bridgehead atoms. The number of aromatic nitrogens is 1. The largest absolute Gasteiger partial charge is 0.492 e. The highest BCUT2D eigenvalue weighted by molar-refractivity contribution is 6.32. The smallest absolute Gasteiger partial charge is 0.146 e. The average Bonchev–Trinajstić information content (AvgIpc) is 2.43. The van der Waals surface area contributed by atoms with Gasteiger partial charge in [0.25, 0.3) is 0 Å². The molecular weight excluding hydrogens is 262 g/mol. The number of benzene rings is 1. The molecule has 4 nitrogen and oxygen atoms in total. The Bertz CT molecular complexity index is 558. The second-order valence-electron chi connectivity index (χ2n) is 3.71. The van der Waals surface area contributed by atoms with Gasteiger partial charge in [-0.2, -0.15) is 5.10 Å². The lowest BCUT2D eigenvalue weighted by atomic mass is 10.2. The van der Waals surface area contributed by atoms with E-state index in [9.17, 15) is 0 Å². The second kappa shape index (κ2) is 6.75. The van der Waals surface area contributed by atoms with E-state index >= 15 is 0 Å². The highest BCUT2D eigenvalue weighted by Gasteiger charge is 2.00. The summed E-state index contributed by atoms with van der Waals surface area (Å²) in [6.45, 7) is 2.51. The van der Waals surface area contributed by atoms with Crippen LogP contribution < -0.4 is 10.2 Å². The fraction of sp³-hybridized carbons (Fsp3) is 0.143. The first-order valence-electron chi connectivity index (χ1n) is 5.92. The minimum Gasteiger partial charge on any atom is -0.492 e. The molecule has 5 heteroatoms. The van der Waals surface area contributed by atoms with Crippen LogP contribution >= 0.6 is 11.6 Å². The molecular formula is C14H14ClN3O. The van der Waals surface area contributed by atoms with Gasteiger partial charge in [-0.3, -0.25) is 5.43 Å². The normalized spacial score (nSPS) is 10.6. The van der Waals surface area contributed by atoms with Crippen LogP contribution in [0.5, 0.6) is 5.75 Å². The summed E-state index contributed by atoms with van der Waals surface area (Å²) in [4.78, 5) is 4.10. The van der Waals surface area contributed by atoms with E-state index in [-0.39, 0.29) is 0 Å². The second-order valence-corrected chi connectivity index (χ2v) is 4.12. The summed E-state index contributed by atoms with van der Waals surface area (Å²) in [5.41, 5.74) is 3.72. The first kappa shape index (κ1) is 13.4.